The first-order valence-corrected chi connectivity index (χ1v) is 6.28. The highest BCUT2D eigenvalue weighted by Crippen LogP contribution is 2.25. The topological polar surface area (TPSA) is 49.8 Å². The summed E-state index contributed by atoms with van der Waals surface area (Å²) in [6, 6.07) is 0. The first kappa shape index (κ1) is 11.9. The third kappa shape index (κ3) is 2.95. The molecule has 2 saturated heterocycles. The fourth-order valence-electron chi connectivity index (χ4n) is 2.46. The lowest BCUT2D eigenvalue weighted by molar-refractivity contribution is -0.141. The summed E-state index contributed by atoms with van der Waals surface area (Å²) < 4.78 is 5.21. The maximum absolute atomic E-state index is 12.0. The fourth-order valence-corrected chi connectivity index (χ4v) is 2.46. The maximum atomic E-state index is 12.0. The third-order valence-corrected chi connectivity index (χ3v) is 3.61. The summed E-state index contributed by atoms with van der Waals surface area (Å²) in [4.78, 5) is 13.9. The number of rotatable bonds is 2. The highest BCUT2D eigenvalue weighted by atomic mass is 16.5. The Bertz CT molecular complexity index is 243. The number of nitrogens with zero attached hydrogens (tertiary/aromatic N) is 1. The van der Waals surface area contributed by atoms with Crippen LogP contribution >= 0.6 is 0 Å². The van der Waals surface area contributed by atoms with Crippen molar-refractivity contribution in [2.75, 3.05) is 26.3 Å². The third-order valence-electron chi connectivity index (χ3n) is 3.61. The van der Waals surface area contributed by atoms with Gasteiger partial charge in [-0.2, -0.15) is 0 Å². The fraction of sp³-hybridized carbons (Fsp3) is 0.917. The molecule has 0 saturated carbocycles. The number of likely N-dealkylation sites (tertiary alicyclic amines) is 1. The zero-order chi connectivity index (χ0) is 11.4. The van der Waals surface area contributed by atoms with Crippen molar-refractivity contribution in [2.45, 2.75) is 44.1 Å². The van der Waals surface area contributed by atoms with Gasteiger partial charge in [-0.05, 0) is 19.3 Å². The van der Waals surface area contributed by atoms with Crippen molar-refractivity contribution in [1.29, 1.82) is 0 Å². The lowest BCUT2D eigenvalue weighted by Gasteiger charge is -2.34. The monoisotopic (exact) mass is 227 g/mol. The van der Waals surface area contributed by atoms with Gasteiger partial charge >= 0.3 is 0 Å². The predicted octanol–water partition coefficient (Wildman–Crippen LogP) is 0.930. The second kappa shape index (κ2) is 5.15. The van der Waals surface area contributed by atoms with E-state index in [2.05, 4.69) is 0 Å². The van der Waals surface area contributed by atoms with Gasteiger partial charge in [-0.1, -0.05) is 0 Å². The Morgan fingerprint density at radius 3 is 2.44 bits per heavy atom. The summed E-state index contributed by atoms with van der Waals surface area (Å²) in [5, 5.41) is 10.2. The molecule has 0 bridgehead atoms. The molecule has 4 nitrogen and oxygen atoms in total. The molecule has 0 radical (unpaired) electrons. The van der Waals surface area contributed by atoms with E-state index >= 15 is 0 Å². The minimum absolute atomic E-state index is 0.115. The van der Waals surface area contributed by atoms with Crippen molar-refractivity contribution in [3.8, 4) is 0 Å². The summed E-state index contributed by atoms with van der Waals surface area (Å²) >= 11 is 0. The van der Waals surface area contributed by atoms with E-state index in [0.29, 0.717) is 26.1 Å². The molecule has 2 aliphatic rings. The quantitative estimate of drug-likeness (QED) is 0.763. The summed E-state index contributed by atoms with van der Waals surface area (Å²) in [5.41, 5.74) is -0.813. The van der Waals surface area contributed by atoms with E-state index in [-0.39, 0.29) is 12.3 Å². The van der Waals surface area contributed by atoms with Crippen LogP contribution in [0.25, 0.3) is 0 Å². The minimum atomic E-state index is -0.813. The number of piperidine rings is 1. The maximum Gasteiger partial charge on any atom is 0.225 e. The van der Waals surface area contributed by atoms with E-state index in [1.165, 1.54) is 6.42 Å². The second-order valence-electron chi connectivity index (χ2n) is 4.95. The van der Waals surface area contributed by atoms with E-state index in [1.54, 1.807) is 0 Å². The van der Waals surface area contributed by atoms with Crippen molar-refractivity contribution in [2.24, 2.45) is 0 Å². The van der Waals surface area contributed by atoms with Gasteiger partial charge in [-0.3, -0.25) is 4.79 Å². The Labute approximate surface area is 96.6 Å². The number of carbonyl (C=O) groups excluding carboxylic acids is 1. The van der Waals surface area contributed by atoms with Crippen LogP contribution in [0.5, 0.6) is 0 Å². The number of hydrogen-bond donors (Lipinski definition) is 1. The van der Waals surface area contributed by atoms with Crippen LogP contribution < -0.4 is 0 Å². The molecule has 2 heterocycles. The number of amides is 1. The standard InChI is InChI=1S/C12H21NO3/c14-11(13-6-2-1-3-7-13)10-12(15)4-8-16-9-5-12/h15H,1-10H2. The SMILES string of the molecule is O=C(CC1(O)CCOCC1)N1CCCCC1. The van der Waals surface area contributed by atoms with E-state index in [9.17, 15) is 9.90 Å². The number of carbonyl (C=O) groups is 1. The van der Waals surface area contributed by atoms with Gasteiger partial charge in [0.2, 0.25) is 5.91 Å². The van der Waals surface area contributed by atoms with Crippen LogP contribution in [-0.4, -0.2) is 47.8 Å². The van der Waals surface area contributed by atoms with Crippen LogP contribution in [0, 0.1) is 0 Å². The molecule has 2 rings (SSSR count). The van der Waals surface area contributed by atoms with Crippen LogP contribution in [0.3, 0.4) is 0 Å². The Hall–Kier alpha value is -0.610. The zero-order valence-corrected chi connectivity index (χ0v) is 9.78. The molecule has 0 unspecified atom stereocenters. The molecule has 0 aromatic rings. The van der Waals surface area contributed by atoms with Gasteiger partial charge in [0.05, 0.1) is 12.0 Å². The molecular weight excluding hydrogens is 206 g/mol. The van der Waals surface area contributed by atoms with Crippen molar-refractivity contribution in [3.63, 3.8) is 0 Å². The van der Waals surface area contributed by atoms with Crippen LogP contribution in [0.15, 0.2) is 0 Å². The van der Waals surface area contributed by atoms with Crippen molar-refractivity contribution in [1.82, 2.24) is 4.90 Å². The second-order valence-corrected chi connectivity index (χ2v) is 4.95. The van der Waals surface area contributed by atoms with Gasteiger partial charge in [0.25, 0.3) is 0 Å². The van der Waals surface area contributed by atoms with Crippen LogP contribution in [0.1, 0.15) is 38.5 Å². The van der Waals surface area contributed by atoms with E-state index in [4.69, 9.17) is 4.74 Å². The highest BCUT2D eigenvalue weighted by Gasteiger charge is 2.34. The Morgan fingerprint density at radius 1 is 1.19 bits per heavy atom. The van der Waals surface area contributed by atoms with Gasteiger partial charge in [0.1, 0.15) is 0 Å². The first-order chi connectivity index (χ1) is 7.70. The summed E-state index contributed by atoms with van der Waals surface area (Å²) in [6.45, 7) is 2.88. The molecule has 16 heavy (non-hydrogen) atoms. The molecule has 1 amide bonds. The lowest BCUT2D eigenvalue weighted by atomic mass is 9.90. The summed E-state index contributed by atoms with van der Waals surface area (Å²) in [5.74, 6) is 0.115. The number of hydrogen-bond acceptors (Lipinski definition) is 3. The molecular formula is C12H21NO3. The largest absolute Gasteiger partial charge is 0.389 e. The Kier molecular flexibility index (Phi) is 3.82. The van der Waals surface area contributed by atoms with Gasteiger partial charge in [0.15, 0.2) is 0 Å². The molecule has 1 N–H and O–H groups in total. The molecule has 2 fully saturated rings. The predicted molar refractivity (Wildman–Crippen MR) is 60.1 cm³/mol. The first-order valence-electron chi connectivity index (χ1n) is 6.28. The molecule has 0 atom stereocenters. The van der Waals surface area contributed by atoms with Crippen molar-refractivity contribution in [3.05, 3.63) is 0 Å². The molecule has 0 aromatic heterocycles. The lowest BCUT2D eigenvalue weighted by Crippen LogP contribution is -2.44. The van der Waals surface area contributed by atoms with Gasteiger partial charge in [-0.15, -0.1) is 0 Å². The van der Waals surface area contributed by atoms with Crippen LogP contribution in [0.4, 0.5) is 0 Å². The van der Waals surface area contributed by atoms with E-state index < -0.39 is 5.60 Å². The molecule has 92 valence electrons. The molecule has 0 aromatic carbocycles. The Balaban J connectivity index is 1.85. The average Bonchev–Trinajstić information content (AvgIpc) is 2.30. The van der Waals surface area contributed by atoms with Crippen molar-refractivity contribution >= 4 is 5.91 Å². The van der Waals surface area contributed by atoms with E-state index in [0.717, 1.165) is 25.9 Å². The zero-order valence-electron chi connectivity index (χ0n) is 9.78. The normalized spacial score (nSPS) is 25.4. The number of aliphatic hydroxyl groups is 1. The highest BCUT2D eigenvalue weighted by molar-refractivity contribution is 5.77. The van der Waals surface area contributed by atoms with E-state index in [1.807, 2.05) is 4.90 Å². The average molecular weight is 227 g/mol. The van der Waals surface area contributed by atoms with Gasteiger partial charge in [-0.25, -0.2) is 0 Å². The van der Waals surface area contributed by atoms with Gasteiger partial charge in [0, 0.05) is 39.1 Å². The molecule has 0 aliphatic carbocycles. The summed E-state index contributed by atoms with van der Waals surface area (Å²) in [6.07, 6.45) is 4.89. The molecule has 4 heteroatoms. The number of ether oxygens (including phenoxy) is 1. The summed E-state index contributed by atoms with van der Waals surface area (Å²) in [7, 11) is 0. The molecule has 2 aliphatic heterocycles. The van der Waals surface area contributed by atoms with Crippen LogP contribution in [-0.2, 0) is 9.53 Å². The smallest absolute Gasteiger partial charge is 0.225 e. The van der Waals surface area contributed by atoms with Crippen LogP contribution in [0.2, 0.25) is 0 Å². The minimum Gasteiger partial charge on any atom is -0.389 e. The van der Waals surface area contributed by atoms with Crippen molar-refractivity contribution < 1.29 is 14.6 Å². The molecule has 0 spiro atoms. The van der Waals surface area contributed by atoms with Gasteiger partial charge < -0.3 is 14.7 Å². The Morgan fingerprint density at radius 2 is 1.81 bits per heavy atom.